The molecule has 1 atom stereocenters. The molecule has 18 heteroatoms. The van der Waals surface area contributed by atoms with Gasteiger partial charge < -0.3 is 9.84 Å². The minimum Gasteiger partial charge on any atom is -0.467 e. The van der Waals surface area contributed by atoms with Crippen molar-refractivity contribution in [3.05, 3.63) is 0 Å². The van der Waals surface area contributed by atoms with Gasteiger partial charge in [0.25, 0.3) is 0 Å². The summed E-state index contributed by atoms with van der Waals surface area (Å²) in [5.74, 6) is -49.9. The molecule has 1 N–H and O–H groups in total. The number of ether oxygens (including phenoxy) is 1. The van der Waals surface area contributed by atoms with Crippen LogP contribution >= 0.6 is 0 Å². The number of rotatable bonds is 8. The molecule has 30 heavy (non-hydrogen) atoms. The maximum atomic E-state index is 13.6. The lowest BCUT2D eigenvalue weighted by Crippen LogP contribution is -2.73. The molecule has 0 aliphatic heterocycles. The molecular formula is C12H9F15O3. The molecule has 0 aromatic rings. The minimum absolute atomic E-state index is 0.0917. The molecule has 0 aliphatic rings. The average Bonchev–Trinajstić information content (AvgIpc) is 2.50. The van der Waals surface area contributed by atoms with Crippen molar-refractivity contribution in [2.24, 2.45) is 0 Å². The molecule has 0 spiro atoms. The van der Waals surface area contributed by atoms with Crippen molar-refractivity contribution in [1.29, 1.82) is 0 Å². The molecule has 0 aliphatic carbocycles. The van der Waals surface area contributed by atoms with Crippen LogP contribution in [0.5, 0.6) is 0 Å². The maximum Gasteiger partial charge on any atom is 0.460 e. The quantitative estimate of drug-likeness (QED) is 0.401. The van der Waals surface area contributed by atoms with Gasteiger partial charge in [-0.1, -0.05) is 0 Å². The Hall–Kier alpha value is -1.62. The smallest absolute Gasteiger partial charge is 0.460 e. The highest BCUT2D eigenvalue weighted by Gasteiger charge is 2.93. The summed E-state index contributed by atoms with van der Waals surface area (Å²) < 4.78 is 198. The molecule has 0 bridgehead atoms. The average molecular weight is 486 g/mol. The number of alkyl halides is 15. The summed E-state index contributed by atoms with van der Waals surface area (Å²) >= 11 is 0. The largest absolute Gasteiger partial charge is 0.467 e. The van der Waals surface area contributed by atoms with Gasteiger partial charge in [0, 0.05) is 0 Å². The van der Waals surface area contributed by atoms with E-state index in [1.54, 1.807) is 0 Å². The molecule has 0 heterocycles. The Bertz CT molecular complexity index is 650. The van der Waals surface area contributed by atoms with Gasteiger partial charge in [-0.25, -0.2) is 4.79 Å². The first-order valence-corrected chi connectivity index (χ1v) is 6.83. The van der Waals surface area contributed by atoms with Crippen molar-refractivity contribution >= 4 is 5.97 Å². The van der Waals surface area contributed by atoms with Crippen molar-refractivity contribution in [2.45, 2.75) is 60.7 Å². The van der Waals surface area contributed by atoms with Crippen molar-refractivity contribution in [2.75, 3.05) is 7.11 Å². The second kappa shape index (κ2) is 7.22. The summed E-state index contributed by atoms with van der Waals surface area (Å²) in [5.41, 5.74) is -3.84. The van der Waals surface area contributed by atoms with Crippen LogP contribution in [-0.4, -0.2) is 65.5 Å². The summed E-state index contributed by atoms with van der Waals surface area (Å²) in [5, 5.41) is 9.21. The van der Waals surface area contributed by atoms with E-state index in [9.17, 15) is 75.8 Å². The molecule has 0 aromatic heterocycles. The van der Waals surface area contributed by atoms with Gasteiger partial charge in [-0.2, -0.15) is 65.9 Å². The third-order valence-corrected chi connectivity index (χ3v) is 3.58. The molecule has 1 unspecified atom stereocenters. The Morgan fingerprint density at radius 3 is 1.27 bits per heavy atom. The molecule has 0 radical (unpaired) electrons. The highest BCUT2D eigenvalue weighted by Crippen LogP contribution is 2.62. The fraction of sp³-hybridized carbons (Fsp3) is 0.917. The van der Waals surface area contributed by atoms with Crippen LogP contribution in [0.15, 0.2) is 0 Å². The van der Waals surface area contributed by atoms with E-state index < -0.39 is 59.7 Å². The van der Waals surface area contributed by atoms with E-state index in [1.807, 2.05) is 0 Å². The lowest BCUT2D eigenvalue weighted by Gasteiger charge is -2.42. The van der Waals surface area contributed by atoms with Crippen molar-refractivity contribution < 1.29 is 80.5 Å². The molecule has 0 aromatic carbocycles. The zero-order valence-corrected chi connectivity index (χ0v) is 14.1. The summed E-state index contributed by atoms with van der Waals surface area (Å²) in [6.45, 7) is -0.0917. The lowest BCUT2D eigenvalue weighted by molar-refractivity contribution is -0.453. The number of esters is 1. The van der Waals surface area contributed by atoms with E-state index in [0.29, 0.717) is 7.11 Å². The molecule has 180 valence electrons. The predicted octanol–water partition coefficient (Wildman–Crippen LogP) is 4.67. The Kier molecular flexibility index (Phi) is 6.83. The Morgan fingerprint density at radius 1 is 0.667 bits per heavy atom. The number of hydrogen-bond acceptors (Lipinski definition) is 3. The van der Waals surface area contributed by atoms with Gasteiger partial charge in [0.2, 0.25) is 0 Å². The van der Waals surface area contributed by atoms with Crippen LogP contribution in [-0.2, 0) is 9.53 Å². The van der Waals surface area contributed by atoms with Crippen LogP contribution in [0.1, 0.15) is 13.3 Å². The molecule has 0 saturated heterocycles. The topological polar surface area (TPSA) is 46.5 Å². The first-order chi connectivity index (χ1) is 12.7. The summed E-state index contributed by atoms with van der Waals surface area (Å²) in [7, 11) is 0.343. The fourth-order valence-electron chi connectivity index (χ4n) is 1.83. The summed E-state index contributed by atoms with van der Waals surface area (Å²) in [4.78, 5) is 11.0. The SMILES string of the molecule is COC(=O)C(C)(O)CC(F)(F)C(F)(F)C(F)(F)C(F)(F)C(F)(F)C(F)(F)C(F)(F)F. The Balaban J connectivity index is 6.52. The van der Waals surface area contributed by atoms with Gasteiger partial charge in [0.05, 0.1) is 13.5 Å². The molecular weight excluding hydrogens is 477 g/mol. The number of aliphatic hydroxyl groups is 1. The van der Waals surface area contributed by atoms with Gasteiger partial charge in [0.1, 0.15) is 0 Å². The van der Waals surface area contributed by atoms with E-state index in [2.05, 4.69) is 4.74 Å². The van der Waals surface area contributed by atoms with Crippen molar-refractivity contribution in [1.82, 2.24) is 0 Å². The highest BCUT2D eigenvalue weighted by atomic mass is 19.4. The van der Waals surface area contributed by atoms with E-state index in [4.69, 9.17) is 0 Å². The van der Waals surface area contributed by atoms with Crippen LogP contribution in [0.25, 0.3) is 0 Å². The first kappa shape index (κ1) is 28.4. The highest BCUT2D eigenvalue weighted by molar-refractivity contribution is 5.78. The molecule has 3 nitrogen and oxygen atoms in total. The molecule has 0 amide bonds. The molecule has 0 saturated carbocycles. The van der Waals surface area contributed by atoms with Crippen LogP contribution < -0.4 is 0 Å². The standard InChI is InChI=1S/C12H9F15O3/c1-5(29,4(28)30-2)3-6(13,14)7(15,16)8(17,18)9(19,20)10(21,22)11(23,24)12(25,26)27/h29H,3H2,1-2H3. The van der Waals surface area contributed by atoms with Gasteiger partial charge in [-0.05, 0) is 6.92 Å². The first-order valence-electron chi connectivity index (χ1n) is 6.83. The Morgan fingerprint density at radius 2 is 0.967 bits per heavy atom. The van der Waals surface area contributed by atoms with Gasteiger partial charge in [0.15, 0.2) is 5.60 Å². The van der Waals surface area contributed by atoms with Crippen LogP contribution in [0, 0.1) is 0 Å². The number of carbonyl (C=O) groups is 1. The van der Waals surface area contributed by atoms with Crippen LogP contribution in [0.2, 0.25) is 0 Å². The number of methoxy groups -OCH3 is 1. The number of halogens is 15. The summed E-state index contributed by atoms with van der Waals surface area (Å²) in [6.07, 6.45) is -10.9. The third kappa shape index (κ3) is 3.86. The normalized spacial score (nSPS) is 17.5. The second-order valence-electron chi connectivity index (χ2n) is 6.02. The minimum atomic E-state index is -8.43. The van der Waals surface area contributed by atoms with Gasteiger partial charge in [-0.15, -0.1) is 0 Å². The van der Waals surface area contributed by atoms with E-state index in [1.165, 1.54) is 0 Å². The zero-order chi connectivity index (χ0) is 25.0. The predicted molar refractivity (Wildman–Crippen MR) is 63.0 cm³/mol. The van der Waals surface area contributed by atoms with Gasteiger partial charge in [-0.3, -0.25) is 0 Å². The molecule has 0 fully saturated rings. The van der Waals surface area contributed by atoms with E-state index >= 15 is 0 Å². The Labute approximate surface area is 155 Å². The molecule has 0 rings (SSSR count). The number of hydrogen-bond donors (Lipinski definition) is 1. The second-order valence-corrected chi connectivity index (χ2v) is 6.02. The van der Waals surface area contributed by atoms with Gasteiger partial charge >= 0.3 is 47.7 Å². The van der Waals surface area contributed by atoms with Crippen LogP contribution in [0.3, 0.4) is 0 Å². The third-order valence-electron chi connectivity index (χ3n) is 3.58. The fourth-order valence-corrected chi connectivity index (χ4v) is 1.83. The zero-order valence-electron chi connectivity index (χ0n) is 14.1. The number of carbonyl (C=O) groups excluding carboxylic acids is 1. The van der Waals surface area contributed by atoms with E-state index in [-0.39, 0.29) is 6.92 Å². The van der Waals surface area contributed by atoms with Crippen molar-refractivity contribution in [3.8, 4) is 0 Å². The monoisotopic (exact) mass is 486 g/mol. The lowest BCUT2D eigenvalue weighted by atomic mass is 9.86. The maximum absolute atomic E-state index is 13.6. The van der Waals surface area contributed by atoms with Crippen molar-refractivity contribution in [3.63, 3.8) is 0 Å². The summed E-state index contributed by atoms with van der Waals surface area (Å²) in [6, 6.07) is 0. The van der Waals surface area contributed by atoms with E-state index in [0.717, 1.165) is 0 Å². The van der Waals surface area contributed by atoms with Crippen LogP contribution in [0.4, 0.5) is 65.9 Å².